The number of aryl methyl sites for hydroxylation is 1. The summed E-state index contributed by atoms with van der Waals surface area (Å²) in [5.74, 6) is 0.843. The summed E-state index contributed by atoms with van der Waals surface area (Å²) in [5, 5.41) is -0.437. The Morgan fingerprint density at radius 2 is 2.18 bits per heavy atom. The number of rotatable bonds is 4. The number of halogens is 1. The van der Waals surface area contributed by atoms with E-state index in [1.54, 1.807) is 6.92 Å². The van der Waals surface area contributed by atoms with Gasteiger partial charge in [0.25, 0.3) is 0 Å². The van der Waals surface area contributed by atoms with Crippen molar-refractivity contribution < 1.29 is 4.79 Å². The van der Waals surface area contributed by atoms with Gasteiger partial charge in [-0.25, -0.2) is 0 Å². The third-order valence-corrected chi connectivity index (χ3v) is 4.06. The van der Waals surface area contributed by atoms with Gasteiger partial charge in [0, 0.05) is 23.5 Å². The predicted molar refractivity (Wildman–Crippen MR) is 70.9 cm³/mol. The van der Waals surface area contributed by atoms with E-state index in [2.05, 4.69) is 11.5 Å². The first-order valence-corrected chi connectivity index (χ1v) is 6.79. The Morgan fingerprint density at radius 1 is 1.53 bits per heavy atom. The lowest BCUT2D eigenvalue weighted by atomic mass is 9.85. The molecule has 3 heteroatoms. The third-order valence-electron chi connectivity index (χ3n) is 3.87. The van der Waals surface area contributed by atoms with E-state index < -0.39 is 5.38 Å². The van der Waals surface area contributed by atoms with Crippen LogP contribution in [0.25, 0.3) is 0 Å². The van der Waals surface area contributed by atoms with Gasteiger partial charge >= 0.3 is 0 Å². The summed E-state index contributed by atoms with van der Waals surface area (Å²) in [6.07, 6.45) is 4.01. The molecule has 94 valence electrons. The zero-order chi connectivity index (χ0) is 12.6. The third kappa shape index (κ3) is 2.42. The van der Waals surface area contributed by atoms with Crippen molar-refractivity contribution in [3.8, 4) is 0 Å². The van der Waals surface area contributed by atoms with Gasteiger partial charge in [0.1, 0.15) is 0 Å². The molecule has 1 aliphatic carbocycles. The molecule has 1 saturated carbocycles. The van der Waals surface area contributed by atoms with Gasteiger partial charge in [-0.15, -0.1) is 11.6 Å². The number of alkyl halides is 1. The van der Waals surface area contributed by atoms with E-state index in [0.717, 1.165) is 23.7 Å². The zero-order valence-electron chi connectivity index (χ0n) is 10.8. The molecule has 1 heterocycles. The van der Waals surface area contributed by atoms with E-state index in [1.807, 2.05) is 13.0 Å². The van der Waals surface area contributed by atoms with Gasteiger partial charge in [0.05, 0.1) is 5.38 Å². The highest BCUT2D eigenvalue weighted by Gasteiger charge is 2.23. The standard InChI is InChI=1S/C14H20ClNO/c1-9-7-13(14(17)10(2)15)11(3)16(9)8-12-5-4-6-12/h7,10,12H,4-6,8H2,1-3H3. The molecule has 2 nitrogen and oxygen atoms in total. The summed E-state index contributed by atoms with van der Waals surface area (Å²) >= 11 is 5.88. The van der Waals surface area contributed by atoms with Crippen molar-refractivity contribution >= 4 is 17.4 Å². The normalized spacial score (nSPS) is 17.9. The molecule has 0 spiro atoms. The monoisotopic (exact) mass is 253 g/mol. The SMILES string of the molecule is Cc1cc(C(=O)C(C)Cl)c(C)n1CC1CCC1. The van der Waals surface area contributed by atoms with E-state index in [4.69, 9.17) is 11.6 Å². The van der Waals surface area contributed by atoms with Crippen LogP contribution >= 0.6 is 11.6 Å². The topological polar surface area (TPSA) is 22.0 Å². The molecule has 17 heavy (non-hydrogen) atoms. The number of carbonyl (C=O) groups excluding carboxylic acids is 1. The molecule has 0 saturated heterocycles. The van der Waals surface area contributed by atoms with Crippen LogP contribution < -0.4 is 0 Å². The second-order valence-electron chi connectivity index (χ2n) is 5.17. The quantitative estimate of drug-likeness (QED) is 0.592. The highest BCUT2D eigenvalue weighted by Crippen LogP contribution is 2.30. The predicted octanol–water partition coefficient (Wildman–Crippen LogP) is 3.72. The fourth-order valence-corrected chi connectivity index (χ4v) is 2.60. The van der Waals surface area contributed by atoms with E-state index in [-0.39, 0.29) is 5.78 Å². The van der Waals surface area contributed by atoms with Gasteiger partial charge in [-0.2, -0.15) is 0 Å². The summed E-state index contributed by atoms with van der Waals surface area (Å²) in [5.41, 5.74) is 3.05. The molecule has 1 atom stereocenters. The number of hydrogen-bond donors (Lipinski definition) is 0. The van der Waals surface area contributed by atoms with Crippen LogP contribution in [-0.2, 0) is 6.54 Å². The second-order valence-corrected chi connectivity index (χ2v) is 5.83. The first-order chi connectivity index (χ1) is 8.00. The highest BCUT2D eigenvalue weighted by atomic mass is 35.5. The maximum absolute atomic E-state index is 12.0. The summed E-state index contributed by atoms with van der Waals surface area (Å²) in [4.78, 5) is 12.0. The van der Waals surface area contributed by atoms with Gasteiger partial charge < -0.3 is 4.57 Å². The molecule has 1 unspecified atom stereocenters. The lowest BCUT2D eigenvalue weighted by Crippen LogP contribution is -2.20. The lowest BCUT2D eigenvalue weighted by Gasteiger charge is -2.27. The number of ketones is 1. The average Bonchev–Trinajstić information content (AvgIpc) is 2.48. The molecule has 1 aliphatic rings. The molecule has 0 aliphatic heterocycles. The summed E-state index contributed by atoms with van der Waals surface area (Å²) in [7, 11) is 0. The van der Waals surface area contributed by atoms with E-state index >= 15 is 0 Å². The van der Waals surface area contributed by atoms with Crippen molar-refractivity contribution in [2.75, 3.05) is 0 Å². The number of nitrogens with zero attached hydrogens (tertiary/aromatic N) is 1. The van der Waals surface area contributed by atoms with E-state index in [9.17, 15) is 4.79 Å². The minimum absolute atomic E-state index is 0.0413. The Kier molecular flexibility index (Phi) is 3.62. The van der Waals surface area contributed by atoms with Crippen LogP contribution in [0.4, 0.5) is 0 Å². The summed E-state index contributed by atoms with van der Waals surface area (Å²) < 4.78 is 2.27. The van der Waals surface area contributed by atoms with Crippen LogP contribution in [0.2, 0.25) is 0 Å². The lowest BCUT2D eigenvalue weighted by molar-refractivity contribution is 0.0991. The Balaban J connectivity index is 2.24. The molecule has 1 fully saturated rings. The number of carbonyl (C=O) groups is 1. The van der Waals surface area contributed by atoms with Crippen molar-refractivity contribution in [2.45, 2.75) is 52.0 Å². The van der Waals surface area contributed by atoms with Gasteiger partial charge in [0.15, 0.2) is 5.78 Å². The molecule has 0 amide bonds. The van der Waals surface area contributed by atoms with E-state index in [1.165, 1.54) is 25.0 Å². The first-order valence-electron chi connectivity index (χ1n) is 6.35. The minimum atomic E-state index is -0.437. The molecule has 1 aromatic rings. The fourth-order valence-electron chi connectivity index (χ4n) is 2.48. The molecule has 1 aromatic heterocycles. The molecule has 0 radical (unpaired) electrons. The first kappa shape index (κ1) is 12.7. The smallest absolute Gasteiger partial charge is 0.182 e. The van der Waals surface area contributed by atoms with Crippen LogP contribution in [0.5, 0.6) is 0 Å². The molecular formula is C14H20ClNO. The molecule has 0 N–H and O–H groups in total. The van der Waals surface area contributed by atoms with Crippen molar-refractivity contribution in [3.63, 3.8) is 0 Å². The van der Waals surface area contributed by atoms with Gasteiger partial charge in [-0.3, -0.25) is 4.79 Å². The maximum Gasteiger partial charge on any atom is 0.182 e. The highest BCUT2D eigenvalue weighted by molar-refractivity contribution is 6.33. The van der Waals surface area contributed by atoms with Gasteiger partial charge in [-0.1, -0.05) is 6.42 Å². The average molecular weight is 254 g/mol. The minimum Gasteiger partial charge on any atom is -0.348 e. The Hall–Kier alpha value is -0.760. The summed E-state index contributed by atoms with van der Waals surface area (Å²) in [6.45, 7) is 6.89. The van der Waals surface area contributed by atoms with Gasteiger partial charge in [0.2, 0.25) is 0 Å². The van der Waals surface area contributed by atoms with Crippen molar-refractivity contribution in [1.29, 1.82) is 0 Å². The summed E-state index contributed by atoms with van der Waals surface area (Å²) in [6, 6.07) is 1.98. The largest absolute Gasteiger partial charge is 0.348 e. The van der Waals surface area contributed by atoms with Gasteiger partial charge in [-0.05, 0) is 45.6 Å². The maximum atomic E-state index is 12.0. The Labute approximate surface area is 108 Å². The van der Waals surface area contributed by atoms with Crippen LogP contribution in [0.15, 0.2) is 6.07 Å². The Morgan fingerprint density at radius 3 is 2.65 bits per heavy atom. The van der Waals surface area contributed by atoms with Crippen molar-refractivity contribution in [2.24, 2.45) is 5.92 Å². The van der Waals surface area contributed by atoms with Crippen LogP contribution in [-0.4, -0.2) is 15.7 Å². The van der Waals surface area contributed by atoms with Crippen molar-refractivity contribution in [1.82, 2.24) is 4.57 Å². The molecule has 0 aromatic carbocycles. The van der Waals surface area contributed by atoms with Crippen molar-refractivity contribution in [3.05, 3.63) is 23.0 Å². The Bertz CT molecular complexity index is 430. The van der Waals surface area contributed by atoms with E-state index in [0.29, 0.717) is 0 Å². The second kappa shape index (κ2) is 4.85. The molecule has 2 rings (SSSR count). The number of aromatic nitrogens is 1. The zero-order valence-corrected chi connectivity index (χ0v) is 11.5. The molecule has 0 bridgehead atoms. The van der Waals surface area contributed by atoms with Crippen LogP contribution in [0, 0.1) is 19.8 Å². The molecular weight excluding hydrogens is 234 g/mol. The number of hydrogen-bond acceptors (Lipinski definition) is 1. The van der Waals surface area contributed by atoms with Crippen LogP contribution in [0.3, 0.4) is 0 Å². The fraction of sp³-hybridized carbons (Fsp3) is 0.643. The number of Topliss-reactive ketones (excluding diaryl/α,β-unsaturated/α-hetero) is 1. The van der Waals surface area contributed by atoms with Crippen LogP contribution in [0.1, 0.15) is 47.9 Å².